The summed E-state index contributed by atoms with van der Waals surface area (Å²) in [7, 11) is 0. The van der Waals surface area contributed by atoms with Gasteiger partial charge in [-0.2, -0.15) is 0 Å². The highest BCUT2D eigenvalue weighted by Gasteiger charge is 2.25. The molecule has 22 heavy (non-hydrogen) atoms. The summed E-state index contributed by atoms with van der Waals surface area (Å²) >= 11 is 0. The number of hydrogen-bond donors (Lipinski definition) is 0. The number of carbonyl (C=O) groups is 2. The lowest BCUT2D eigenvalue weighted by molar-refractivity contribution is -0.156. The zero-order chi connectivity index (χ0) is 16.1. The van der Waals surface area contributed by atoms with Gasteiger partial charge < -0.3 is 9.47 Å². The van der Waals surface area contributed by atoms with Gasteiger partial charge in [-0.1, -0.05) is 0 Å². The Bertz CT molecular complexity index is 541. The normalized spacial score (nSPS) is 17.8. The largest absolute Gasteiger partial charge is 0.490 e. The fourth-order valence-corrected chi connectivity index (χ4v) is 2.54. The first-order valence-corrected chi connectivity index (χ1v) is 7.32. The van der Waals surface area contributed by atoms with Crippen LogP contribution in [0.2, 0.25) is 0 Å². The molecule has 1 heterocycles. The molecule has 0 N–H and O–H groups in total. The molecule has 1 aliphatic heterocycles. The van der Waals surface area contributed by atoms with Crippen molar-refractivity contribution in [2.75, 3.05) is 13.1 Å². The Balaban J connectivity index is 1.86. The van der Waals surface area contributed by atoms with Crippen molar-refractivity contribution in [2.24, 2.45) is 0 Å². The molecule has 5 nitrogen and oxygen atoms in total. The van der Waals surface area contributed by atoms with Gasteiger partial charge >= 0.3 is 5.97 Å². The zero-order valence-corrected chi connectivity index (χ0v) is 12.8. The molecule has 6 heteroatoms. The van der Waals surface area contributed by atoms with E-state index in [1.54, 1.807) is 6.07 Å². The van der Waals surface area contributed by atoms with Crippen LogP contribution in [-0.2, 0) is 9.53 Å². The van der Waals surface area contributed by atoms with Crippen LogP contribution in [0, 0.1) is 5.82 Å². The third kappa shape index (κ3) is 4.27. The number of esters is 1. The summed E-state index contributed by atoms with van der Waals surface area (Å²) in [5.74, 6) is -0.445. The van der Waals surface area contributed by atoms with Crippen LogP contribution >= 0.6 is 0 Å². The monoisotopic (exact) mass is 309 g/mol. The van der Waals surface area contributed by atoms with Crippen LogP contribution in [-0.4, -0.2) is 42.6 Å². The van der Waals surface area contributed by atoms with Crippen LogP contribution in [0.1, 0.15) is 37.0 Å². The molecule has 120 valence electrons. The number of halogens is 1. The highest BCUT2D eigenvalue weighted by atomic mass is 19.1. The minimum absolute atomic E-state index is 0.0118. The Hall–Kier alpha value is -1.95. The molecule has 0 aromatic heterocycles. The van der Waals surface area contributed by atoms with E-state index in [0.29, 0.717) is 12.0 Å². The molecule has 0 amide bonds. The number of carbonyl (C=O) groups excluding carboxylic acids is 2. The second-order valence-corrected chi connectivity index (χ2v) is 5.36. The van der Waals surface area contributed by atoms with Crippen LogP contribution in [0.4, 0.5) is 4.39 Å². The average Bonchev–Trinajstić information content (AvgIpc) is 2.47. The number of benzene rings is 1. The first-order chi connectivity index (χ1) is 10.5. The lowest BCUT2D eigenvalue weighted by Crippen LogP contribution is -2.44. The number of ether oxygens (including phenoxy) is 2. The van der Waals surface area contributed by atoms with E-state index in [-0.39, 0.29) is 23.9 Å². The van der Waals surface area contributed by atoms with Crippen LogP contribution < -0.4 is 4.74 Å². The molecule has 1 aromatic carbocycles. The van der Waals surface area contributed by atoms with E-state index < -0.39 is 5.82 Å². The van der Waals surface area contributed by atoms with E-state index in [9.17, 15) is 14.0 Å². The molecule has 0 bridgehead atoms. The fraction of sp³-hybridized carbons (Fsp3) is 0.500. The van der Waals surface area contributed by atoms with E-state index >= 15 is 0 Å². The van der Waals surface area contributed by atoms with Crippen molar-refractivity contribution in [1.29, 1.82) is 0 Å². The fourth-order valence-electron chi connectivity index (χ4n) is 2.54. The number of rotatable bonds is 5. The zero-order valence-electron chi connectivity index (χ0n) is 12.8. The Morgan fingerprint density at radius 1 is 1.41 bits per heavy atom. The van der Waals surface area contributed by atoms with Gasteiger partial charge in [0.1, 0.15) is 17.7 Å². The first-order valence-electron chi connectivity index (χ1n) is 7.32. The maximum Gasteiger partial charge on any atom is 0.304 e. The maximum absolute atomic E-state index is 13.5. The lowest BCUT2D eigenvalue weighted by atomic mass is 10.1. The highest BCUT2D eigenvalue weighted by molar-refractivity contribution is 5.75. The summed E-state index contributed by atoms with van der Waals surface area (Å²) in [6.45, 7) is 4.72. The third-order valence-electron chi connectivity index (χ3n) is 3.73. The van der Waals surface area contributed by atoms with Crippen molar-refractivity contribution in [3.05, 3.63) is 29.6 Å². The molecule has 0 spiro atoms. The maximum atomic E-state index is 13.5. The third-order valence-corrected chi connectivity index (χ3v) is 3.73. The Kier molecular flexibility index (Phi) is 5.49. The second kappa shape index (κ2) is 7.35. The van der Waals surface area contributed by atoms with E-state index in [2.05, 4.69) is 4.90 Å². The summed E-state index contributed by atoms with van der Waals surface area (Å²) < 4.78 is 24.4. The van der Waals surface area contributed by atoms with Gasteiger partial charge in [-0.15, -0.1) is 0 Å². The quantitative estimate of drug-likeness (QED) is 0.617. The van der Waals surface area contributed by atoms with Gasteiger partial charge in [-0.3, -0.25) is 14.5 Å². The van der Waals surface area contributed by atoms with E-state index in [1.807, 2.05) is 6.92 Å². The van der Waals surface area contributed by atoms with Crippen LogP contribution in [0.25, 0.3) is 0 Å². The first kappa shape index (κ1) is 16.4. The molecule has 2 rings (SSSR count). The van der Waals surface area contributed by atoms with Crippen molar-refractivity contribution in [3.8, 4) is 5.75 Å². The second-order valence-electron chi connectivity index (χ2n) is 5.36. The predicted octanol–water partition coefficient (Wildman–Crippen LogP) is 2.39. The summed E-state index contributed by atoms with van der Waals surface area (Å²) in [6.07, 6.45) is 1.75. The van der Waals surface area contributed by atoms with Crippen LogP contribution in [0.15, 0.2) is 18.2 Å². The molecule has 0 aliphatic carbocycles. The number of hydrogen-bond acceptors (Lipinski definition) is 5. The van der Waals surface area contributed by atoms with Crippen LogP contribution in [0.3, 0.4) is 0 Å². The molecule has 1 aliphatic rings. The lowest BCUT2D eigenvalue weighted by Gasteiger charge is -2.35. The molecular weight excluding hydrogens is 289 g/mol. The van der Waals surface area contributed by atoms with Crippen molar-refractivity contribution in [3.63, 3.8) is 0 Å². The van der Waals surface area contributed by atoms with Gasteiger partial charge in [0.15, 0.2) is 12.5 Å². The predicted molar refractivity (Wildman–Crippen MR) is 78.2 cm³/mol. The summed E-state index contributed by atoms with van der Waals surface area (Å²) in [4.78, 5) is 23.6. The molecule has 1 aromatic rings. The van der Waals surface area contributed by atoms with Gasteiger partial charge in [-0.25, -0.2) is 4.39 Å². The summed E-state index contributed by atoms with van der Waals surface area (Å²) in [6, 6.07) is 4.24. The minimum Gasteiger partial charge on any atom is -0.490 e. The van der Waals surface area contributed by atoms with Crippen molar-refractivity contribution >= 4 is 12.3 Å². The number of nitrogens with zero attached hydrogens (tertiary/aromatic N) is 1. The molecule has 1 fully saturated rings. The molecular formula is C16H20FNO4. The van der Waals surface area contributed by atoms with Gasteiger partial charge in [0.25, 0.3) is 0 Å². The Labute approximate surface area is 129 Å². The van der Waals surface area contributed by atoms with Crippen molar-refractivity contribution in [1.82, 2.24) is 4.90 Å². The molecule has 0 saturated carbocycles. The molecule has 1 saturated heterocycles. The van der Waals surface area contributed by atoms with Gasteiger partial charge in [0, 0.05) is 26.1 Å². The molecule has 1 atom stereocenters. The van der Waals surface area contributed by atoms with Crippen molar-refractivity contribution in [2.45, 2.75) is 39.0 Å². The summed E-state index contributed by atoms with van der Waals surface area (Å²) in [5, 5.41) is 0. The Morgan fingerprint density at radius 3 is 2.64 bits per heavy atom. The van der Waals surface area contributed by atoms with Crippen molar-refractivity contribution < 1.29 is 23.5 Å². The standard InChI is InChI=1S/C16H20FNO4/c1-11(21-12(2)20)18-7-5-14(6-8-18)22-15-4-3-13(10-19)16(17)9-15/h3-4,9-11,14H,5-8H2,1-2H3. The van der Waals surface area contributed by atoms with E-state index in [1.165, 1.54) is 19.1 Å². The SMILES string of the molecule is CC(=O)OC(C)N1CCC(Oc2ccc(C=O)c(F)c2)CC1. The summed E-state index contributed by atoms with van der Waals surface area (Å²) in [5.41, 5.74) is 0.0253. The minimum atomic E-state index is -0.576. The number of aldehydes is 1. The number of likely N-dealkylation sites (tertiary alicyclic amines) is 1. The smallest absolute Gasteiger partial charge is 0.304 e. The topological polar surface area (TPSA) is 55.8 Å². The van der Waals surface area contributed by atoms with E-state index in [4.69, 9.17) is 9.47 Å². The average molecular weight is 309 g/mol. The highest BCUT2D eigenvalue weighted by Crippen LogP contribution is 2.22. The van der Waals surface area contributed by atoms with E-state index in [0.717, 1.165) is 25.9 Å². The number of piperidine rings is 1. The van der Waals surface area contributed by atoms with Crippen LogP contribution in [0.5, 0.6) is 5.75 Å². The molecule has 0 radical (unpaired) electrons. The molecule has 1 unspecified atom stereocenters. The van der Waals surface area contributed by atoms with Gasteiger partial charge in [0.2, 0.25) is 0 Å². The van der Waals surface area contributed by atoms with Gasteiger partial charge in [0.05, 0.1) is 5.56 Å². The Morgan fingerprint density at radius 2 is 2.09 bits per heavy atom. The van der Waals surface area contributed by atoms with Gasteiger partial charge in [-0.05, 0) is 31.9 Å².